The van der Waals surface area contributed by atoms with Crippen molar-refractivity contribution in [3.63, 3.8) is 0 Å². The van der Waals surface area contributed by atoms with Crippen LogP contribution < -0.4 is 19.6 Å². The first-order valence-corrected chi connectivity index (χ1v) is 21.1. The number of nitrogens with one attached hydrogen (secondary N) is 1. The van der Waals surface area contributed by atoms with E-state index in [1.165, 1.54) is 11.1 Å². The van der Waals surface area contributed by atoms with E-state index in [0.717, 1.165) is 105 Å². The van der Waals surface area contributed by atoms with Gasteiger partial charge in [-0.2, -0.15) is 0 Å². The fraction of sp³-hybridized carbons (Fsp3) is 0.383. The molecule has 8 rings (SSSR count). The number of hydrogen-bond acceptors (Lipinski definition) is 9. The predicted molar refractivity (Wildman–Crippen MR) is 230 cm³/mol. The number of benzene rings is 4. The molecule has 4 aliphatic heterocycles. The molecule has 0 bridgehead atoms. The van der Waals surface area contributed by atoms with Gasteiger partial charge in [0.15, 0.2) is 0 Å². The molecule has 4 aromatic rings. The second kappa shape index (κ2) is 18.7. The molecule has 2 N–H and O–H groups in total. The largest absolute Gasteiger partial charge is 0.569 e. The molecule has 12 heteroatoms. The molecular formula is C47H53BN5O6. The smallest absolute Gasteiger partial charge is 0.537 e. The number of imide groups is 1. The number of anilines is 1. The average Bonchev–Trinajstić information content (AvgIpc) is 3.59. The van der Waals surface area contributed by atoms with E-state index in [1.54, 1.807) is 4.90 Å². The maximum Gasteiger partial charge on any atom is 0.569 e. The summed E-state index contributed by atoms with van der Waals surface area (Å²) in [5, 5.41) is 11.5. The molecule has 3 amide bonds. The molecule has 0 spiro atoms. The van der Waals surface area contributed by atoms with Crippen LogP contribution in [0.5, 0.6) is 11.5 Å². The van der Waals surface area contributed by atoms with Crippen LogP contribution in [0.25, 0.3) is 11.1 Å². The number of allylic oxidation sites excluding steroid dienone is 1. The standard InChI is InChI=1S/C47H53BN5O6/c1-2-41(34-6-4-3-5-7-34)45(36-10-15-40(16-11-36)59-48-57)35-8-13-39(14-9-35)58-29-28-50-24-26-51(27-25-50)31-33-20-22-52(23-21-33)38-12-17-42-37(30-38)32-53(47(42)56)43-18-19-44(54)49-46(43)55/h3-17,30,33,43,57H,2,18-29,31-32H2,1H3,(H,49,54,55)/b45-41+/t43-/m0/s1. The van der Waals surface area contributed by atoms with Crippen molar-refractivity contribution in [3.05, 3.63) is 125 Å². The first kappa shape index (κ1) is 40.4. The lowest BCUT2D eigenvalue weighted by Gasteiger charge is -2.39. The lowest BCUT2D eigenvalue weighted by molar-refractivity contribution is -0.136. The third kappa shape index (κ3) is 9.41. The molecule has 305 valence electrons. The molecule has 11 nitrogen and oxygen atoms in total. The highest BCUT2D eigenvalue weighted by Crippen LogP contribution is 2.36. The minimum Gasteiger partial charge on any atom is -0.537 e. The van der Waals surface area contributed by atoms with E-state index in [-0.39, 0.29) is 24.1 Å². The van der Waals surface area contributed by atoms with E-state index in [4.69, 9.17) is 14.4 Å². The number of carbonyl (C=O) groups excluding carboxylic acids is 3. The van der Waals surface area contributed by atoms with Gasteiger partial charge in [-0.15, -0.1) is 0 Å². The zero-order valence-corrected chi connectivity index (χ0v) is 33.9. The van der Waals surface area contributed by atoms with Crippen molar-refractivity contribution in [2.45, 2.75) is 51.6 Å². The van der Waals surface area contributed by atoms with E-state index >= 15 is 0 Å². The number of piperidine rings is 2. The summed E-state index contributed by atoms with van der Waals surface area (Å²) in [6.07, 6.45) is 3.78. The summed E-state index contributed by atoms with van der Waals surface area (Å²) < 4.78 is 11.4. The van der Waals surface area contributed by atoms with Crippen LogP contribution in [0, 0.1) is 5.92 Å². The summed E-state index contributed by atoms with van der Waals surface area (Å²) in [6, 6.07) is 32.2. The highest BCUT2D eigenvalue weighted by atomic mass is 16.5. The third-order valence-corrected chi connectivity index (χ3v) is 12.4. The minimum absolute atomic E-state index is 0.125. The number of rotatable bonds is 14. The Kier molecular flexibility index (Phi) is 12.8. The van der Waals surface area contributed by atoms with E-state index in [1.807, 2.05) is 42.5 Å². The minimum atomic E-state index is -0.589. The van der Waals surface area contributed by atoms with Gasteiger partial charge in [-0.25, -0.2) is 0 Å². The number of ether oxygens (including phenoxy) is 1. The van der Waals surface area contributed by atoms with Crippen LogP contribution in [0.1, 0.15) is 71.6 Å². The number of fused-ring (bicyclic) bond motifs is 1. The fourth-order valence-electron chi connectivity index (χ4n) is 9.14. The maximum atomic E-state index is 13.1. The Balaban J connectivity index is 0.783. The lowest BCUT2D eigenvalue weighted by atomic mass is 9.88. The molecule has 4 heterocycles. The molecule has 3 saturated heterocycles. The monoisotopic (exact) mass is 794 g/mol. The van der Waals surface area contributed by atoms with Crippen LogP contribution in [0.2, 0.25) is 0 Å². The molecule has 1 radical (unpaired) electrons. The van der Waals surface area contributed by atoms with Crippen LogP contribution in [0.15, 0.2) is 97.1 Å². The summed E-state index contributed by atoms with van der Waals surface area (Å²) in [6.45, 7) is 11.5. The van der Waals surface area contributed by atoms with Gasteiger partial charge in [0.2, 0.25) is 11.8 Å². The van der Waals surface area contributed by atoms with Gasteiger partial charge < -0.3 is 29.1 Å². The van der Waals surface area contributed by atoms with Gasteiger partial charge in [0.25, 0.3) is 5.91 Å². The normalized spacial score (nSPS) is 19.6. The third-order valence-electron chi connectivity index (χ3n) is 12.4. The summed E-state index contributed by atoms with van der Waals surface area (Å²) in [4.78, 5) is 46.4. The quantitative estimate of drug-likeness (QED) is 0.0953. The average molecular weight is 795 g/mol. The number of nitrogens with zero attached hydrogens (tertiary/aromatic N) is 4. The number of piperazine rings is 1. The SMILES string of the molecule is CC/C(=C(\c1ccc(O[B]O)cc1)c1ccc(OCCN2CCN(CC3CCN(c4ccc5c(c4)CN([C@H]4CCC(=O)NC4=O)C5=O)CC3)CC2)cc1)c1ccccc1. The summed E-state index contributed by atoms with van der Waals surface area (Å²) in [7, 11) is 0.700. The van der Waals surface area contributed by atoms with Gasteiger partial charge in [0, 0.05) is 76.6 Å². The zero-order valence-electron chi connectivity index (χ0n) is 33.9. The van der Waals surface area contributed by atoms with Crippen molar-refractivity contribution in [3.8, 4) is 11.5 Å². The van der Waals surface area contributed by atoms with E-state index in [0.29, 0.717) is 44.5 Å². The van der Waals surface area contributed by atoms with Crippen molar-refractivity contribution in [1.29, 1.82) is 0 Å². The van der Waals surface area contributed by atoms with Gasteiger partial charge in [-0.05, 0) is 107 Å². The molecule has 3 fully saturated rings. The number of amides is 3. The molecule has 0 aliphatic carbocycles. The first-order valence-electron chi connectivity index (χ1n) is 21.1. The topological polar surface area (TPSA) is 115 Å². The highest BCUT2D eigenvalue weighted by Gasteiger charge is 2.39. The van der Waals surface area contributed by atoms with Crippen molar-refractivity contribution >= 4 is 42.2 Å². The molecule has 59 heavy (non-hydrogen) atoms. The van der Waals surface area contributed by atoms with Crippen LogP contribution >= 0.6 is 0 Å². The predicted octanol–water partition coefficient (Wildman–Crippen LogP) is 5.64. The molecule has 4 aromatic carbocycles. The maximum absolute atomic E-state index is 13.1. The second-order valence-corrected chi connectivity index (χ2v) is 16.0. The van der Waals surface area contributed by atoms with Crippen molar-refractivity contribution < 1.29 is 28.8 Å². The Labute approximate surface area is 347 Å². The summed E-state index contributed by atoms with van der Waals surface area (Å²) >= 11 is 0. The Bertz CT molecular complexity index is 2130. The Morgan fingerprint density at radius 2 is 1.46 bits per heavy atom. The van der Waals surface area contributed by atoms with Gasteiger partial charge in [-0.3, -0.25) is 24.6 Å². The molecular weight excluding hydrogens is 741 g/mol. The van der Waals surface area contributed by atoms with Crippen LogP contribution in [-0.4, -0.2) is 110 Å². The molecule has 0 aromatic heterocycles. The van der Waals surface area contributed by atoms with Gasteiger partial charge >= 0.3 is 7.69 Å². The molecule has 0 saturated carbocycles. The van der Waals surface area contributed by atoms with Crippen molar-refractivity contribution in [2.24, 2.45) is 5.92 Å². The lowest BCUT2D eigenvalue weighted by Crippen LogP contribution is -2.52. The van der Waals surface area contributed by atoms with Crippen LogP contribution in [-0.2, 0) is 16.1 Å². The van der Waals surface area contributed by atoms with E-state index in [9.17, 15) is 14.4 Å². The molecule has 0 unspecified atom stereocenters. The Hall–Kier alpha value is -5.43. The Morgan fingerprint density at radius 3 is 2.12 bits per heavy atom. The van der Waals surface area contributed by atoms with E-state index in [2.05, 4.69) is 81.5 Å². The highest BCUT2D eigenvalue weighted by molar-refractivity contribution is 6.17. The van der Waals surface area contributed by atoms with Crippen molar-refractivity contribution in [1.82, 2.24) is 20.0 Å². The Morgan fingerprint density at radius 1 is 0.780 bits per heavy atom. The number of hydrogen-bond donors (Lipinski definition) is 2. The van der Waals surface area contributed by atoms with Gasteiger partial charge in [0.05, 0.1) is 0 Å². The fourth-order valence-corrected chi connectivity index (χ4v) is 9.14. The van der Waals surface area contributed by atoms with E-state index < -0.39 is 6.04 Å². The van der Waals surface area contributed by atoms with Crippen LogP contribution in [0.3, 0.4) is 0 Å². The van der Waals surface area contributed by atoms with Crippen molar-refractivity contribution in [2.75, 3.05) is 63.9 Å². The first-order chi connectivity index (χ1) is 28.9. The zero-order chi connectivity index (χ0) is 40.7. The molecule has 1 atom stereocenters. The summed E-state index contributed by atoms with van der Waals surface area (Å²) in [5.74, 6) is 1.33. The molecule has 4 aliphatic rings. The van der Waals surface area contributed by atoms with Gasteiger partial charge in [0.1, 0.15) is 24.1 Å². The van der Waals surface area contributed by atoms with Gasteiger partial charge in [-0.1, -0.05) is 61.5 Å². The second-order valence-electron chi connectivity index (χ2n) is 16.0. The van der Waals surface area contributed by atoms with Crippen LogP contribution in [0.4, 0.5) is 5.69 Å². The number of carbonyl (C=O) groups is 3. The summed E-state index contributed by atoms with van der Waals surface area (Å²) in [5.41, 5.74) is 8.55.